The van der Waals surface area contributed by atoms with E-state index in [0.29, 0.717) is 12.5 Å². The highest BCUT2D eigenvalue weighted by molar-refractivity contribution is 5.51. The van der Waals surface area contributed by atoms with Crippen molar-refractivity contribution in [1.29, 1.82) is 0 Å². The van der Waals surface area contributed by atoms with E-state index < -0.39 is 0 Å². The highest BCUT2D eigenvalue weighted by Crippen LogP contribution is 2.20. The van der Waals surface area contributed by atoms with Gasteiger partial charge in [0.05, 0.1) is 12.3 Å². The minimum absolute atomic E-state index is 0.652. The normalized spacial score (nSPS) is 9.86. The Morgan fingerprint density at radius 3 is 3.00 bits per heavy atom. The van der Waals surface area contributed by atoms with Crippen molar-refractivity contribution in [2.24, 2.45) is 0 Å². The molecule has 0 bridgehead atoms. The lowest BCUT2D eigenvalue weighted by molar-refractivity contribution is 0.328. The molecule has 0 atom stereocenters. The molecule has 0 saturated carbocycles. The zero-order valence-electron chi connectivity index (χ0n) is 8.92. The summed E-state index contributed by atoms with van der Waals surface area (Å²) < 4.78 is 5.39. The van der Waals surface area contributed by atoms with Gasteiger partial charge < -0.3 is 10.1 Å². The number of unbranched alkanes of at least 4 members (excludes halogenated alkanes) is 1. The number of hydrogen-bond acceptors (Lipinski definition) is 3. The Balaban J connectivity index is 2.55. The molecule has 3 heteroatoms. The standard InChI is InChI=1S/C11H18N2O/c1-3-5-8-12-10-7-6-9-13-11(10)14-4-2/h6-7,9,12H,3-5,8H2,1-2H3. The maximum atomic E-state index is 5.39. The molecule has 1 aromatic rings. The van der Waals surface area contributed by atoms with E-state index in [9.17, 15) is 0 Å². The second kappa shape index (κ2) is 6.24. The highest BCUT2D eigenvalue weighted by atomic mass is 16.5. The molecule has 0 unspecified atom stereocenters. The summed E-state index contributed by atoms with van der Waals surface area (Å²) in [5.74, 6) is 0.700. The van der Waals surface area contributed by atoms with Gasteiger partial charge in [-0.2, -0.15) is 0 Å². The molecule has 14 heavy (non-hydrogen) atoms. The van der Waals surface area contributed by atoms with E-state index in [2.05, 4.69) is 17.2 Å². The third kappa shape index (κ3) is 3.24. The molecule has 1 aromatic heterocycles. The summed E-state index contributed by atoms with van der Waals surface area (Å²) >= 11 is 0. The summed E-state index contributed by atoms with van der Waals surface area (Å²) in [5, 5.41) is 3.31. The van der Waals surface area contributed by atoms with Gasteiger partial charge in [-0.15, -0.1) is 0 Å². The predicted octanol–water partition coefficient (Wildman–Crippen LogP) is 2.69. The highest BCUT2D eigenvalue weighted by Gasteiger charge is 2.01. The van der Waals surface area contributed by atoms with Crippen LogP contribution in [0.5, 0.6) is 5.88 Å². The maximum absolute atomic E-state index is 5.39. The summed E-state index contributed by atoms with van der Waals surface area (Å²) in [4.78, 5) is 4.16. The topological polar surface area (TPSA) is 34.2 Å². The summed E-state index contributed by atoms with van der Waals surface area (Å²) in [5.41, 5.74) is 0.989. The van der Waals surface area contributed by atoms with Crippen LogP contribution in [0.1, 0.15) is 26.7 Å². The molecule has 0 spiro atoms. The van der Waals surface area contributed by atoms with E-state index in [1.807, 2.05) is 19.1 Å². The van der Waals surface area contributed by atoms with Gasteiger partial charge >= 0.3 is 0 Å². The Morgan fingerprint density at radius 1 is 1.43 bits per heavy atom. The fourth-order valence-electron chi connectivity index (χ4n) is 1.18. The summed E-state index contributed by atoms with van der Waals surface area (Å²) in [6.07, 6.45) is 4.10. The van der Waals surface area contributed by atoms with E-state index in [1.54, 1.807) is 6.20 Å². The first-order chi connectivity index (χ1) is 6.88. The Bertz CT molecular complexity index is 263. The van der Waals surface area contributed by atoms with Crippen LogP contribution >= 0.6 is 0 Å². The maximum Gasteiger partial charge on any atom is 0.237 e. The van der Waals surface area contributed by atoms with Crippen LogP contribution in [0.2, 0.25) is 0 Å². The molecule has 0 saturated heterocycles. The number of nitrogens with zero attached hydrogens (tertiary/aromatic N) is 1. The van der Waals surface area contributed by atoms with E-state index >= 15 is 0 Å². The first-order valence-corrected chi connectivity index (χ1v) is 5.20. The molecule has 1 rings (SSSR count). The number of pyridine rings is 1. The van der Waals surface area contributed by atoms with Crippen LogP contribution in [0.15, 0.2) is 18.3 Å². The Morgan fingerprint density at radius 2 is 2.29 bits per heavy atom. The lowest BCUT2D eigenvalue weighted by atomic mass is 10.3. The van der Waals surface area contributed by atoms with Crippen molar-refractivity contribution < 1.29 is 4.74 Å². The van der Waals surface area contributed by atoms with Crippen LogP contribution in [-0.2, 0) is 0 Å². The number of aromatic nitrogens is 1. The van der Waals surface area contributed by atoms with Gasteiger partial charge in [-0.1, -0.05) is 13.3 Å². The minimum atomic E-state index is 0.652. The van der Waals surface area contributed by atoms with Crippen LogP contribution < -0.4 is 10.1 Å². The van der Waals surface area contributed by atoms with Gasteiger partial charge in [0, 0.05) is 12.7 Å². The lowest BCUT2D eigenvalue weighted by Gasteiger charge is -2.10. The zero-order chi connectivity index (χ0) is 10.2. The first kappa shape index (κ1) is 10.8. The van der Waals surface area contributed by atoms with Gasteiger partial charge in [0.1, 0.15) is 0 Å². The average molecular weight is 194 g/mol. The van der Waals surface area contributed by atoms with Gasteiger partial charge in [-0.25, -0.2) is 4.98 Å². The summed E-state index contributed by atoms with van der Waals surface area (Å²) in [6.45, 7) is 5.76. The van der Waals surface area contributed by atoms with E-state index in [-0.39, 0.29) is 0 Å². The van der Waals surface area contributed by atoms with Gasteiger partial charge in [0.25, 0.3) is 0 Å². The Labute approximate surface area is 85.5 Å². The van der Waals surface area contributed by atoms with Crippen molar-refractivity contribution in [3.63, 3.8) is 0 Å². The SMILES string of the molecule is CCCCNc1cccnc1OCC. The van der Waals surface area contributed by atoms with Gasteiger partial charge in [0.15, 0.2) is 0 Å². The second-order valence-electron chi connectivity index (χ2n) is 3.07. The van der Waals surface area contributed by atoms with E-state index in [4.69, 9.17) is 4.74 Å². The van der Waals surface area contributed by atoms with Crippen molar-refractivity contribution in [3.05, 3.63) is 18.3 Å². The number of ether oxygens (including phenoxy) is 1. The van der Waals surface area contributed by atoms with Crippen LogP contribution in [0.25, 0.3) is 0 Å². The third-order valence-electron chi connectivity index (χ3n) is 1.90. The minimum Gasteiger partial charge on any atom is -0.476 e. The van der Waals surface area contributed by atoms with Gasteiger partial charge in [0.2, 0.25) is 5.88 Å². The van der Waals surface area contributed by atoms with Crippen molar-refractivity contribution in [3.8, 4) is 5.88 Å². The van der Waals surface area contributed by atoms with Crippen molar-refractivity contribution in [1.82, 2.24) is 4.98 Å². The van der Waals surface area contributed by atoms with Gasteiger partial charge in [-0.3, -0.25) is 0 Å². The zero-order valence-corrected chi connectivity index (χ0v) is 8.92. The Hall–Kier alpha value is -1.25. The second-order valence-corrected chi connectivity index (χ2v) is 3.07. The van der Waals surface area contributed by atoms with Gasteiger partial charge in [-0.05, 0) is 25.5 Å². The van der Waals surface area contributed by atoms with E-state index in [1.165, 1.54) is 12.8 Å². The largest absolute Gasteiger partial charge is 0.476 e. The van der Waals surface area contributed by atoms with Crippen molar-refractivity contribution in [2.75, 3.05) is 18.5 Å². The fourth-order valence-corrected chi connectivity index (χ4v) is 1.18. The monoisotopic (exact) mass is 194 g/mol. The number of nitrogens with one attached hydrogen (secondary N) is 1. The molecule has 0 amide bonds. The molecule has 0 aliphatic carbocycles. The molecule has 1 heterocycles. The molecule has 0 aliphatic heterocycles. The molecule has 0 fully saturated rings. The quantitative estimate of drug-likeness (QED) is 0.707. The third-order valence-corrected chi connectivity index (χ3v) is 1.90. The van der Waals surface area contributed by atoms with Crippen molar-refractivity contribution >= 4 is 5.69 Å². The summed E-state index contributed by atoms with van der Waals surface area (Å²) in [6, 6.07) is 3.91. The molecule has 1 N–H and O–H groups in total. The molecule has 78 valence electrons. The molecule has 0 aromatic carbocycles. The number of rotatable bonds is 6. The molecule has 0 aliphatic rings. The molecular formula is C11H18N2O. The van der Waals surface area contributed by atoms with Crippen LogP contribution in [0, 0.1) is 0 Å². The van der Waals surface area contributed by atoms with E-state index in [0.717, 1.165) is 12.2 Å². The molecule has 3 nitrogen and oxygen atoms in total. The van der Waals surface area contributed by atoms with Crippen LogP contribution in [0.4, 0.5) is 5.69 Å². The predicted molar refractivity (Wildman–Crippen MR) is 58.8 cm³/mol. The fraction of sp³-hybridized carbons (Fsp3) is 0.545. The number of hydrogen-bond donors (Lipinski definition) is 1. The molecule has 0 radical (unpaired) electrons. The Kier molecular flexibility index (Phi) is 4.83. The first-order valence-electron chi connectivity index (χ1n) is 5.20. The molecular weight excluding hydrogens is 176 g/mol. The van der Waals surface area contributed by atoms with Crippen LogP contribution in [-0.4, -0.2) is 18.1 Å². The number of anilines is 1. The smallest absolute Gasteiger partial charge is 0.237 e. The van der Waals surface area contributed by atoms with Crippen LogP contribution in [0.3, 0.4) is 0 Å². The lowest BCUT2D eigenvalue weighted by Crippen LogP contribution is -2.04. The summed E-state index contributed by atoms with van der Waals surface area (Å²) in [7, 11) is 0. The average Bonchev–Trinajstić information content (AvgIpc) is 2.21. The van der Waals surface area contributed by atoms with Crippen molar-refractivity contribution in [2.45, 2.75) is 26.7 Å².